The number of hydrogen-bond acceptors (Lipinski definition) is 4. The summed E-state index contributed by atoms with van der Waals surface area (Å²) in [5.74, 6) is 0.794. The summed E-state index contributed by atoms with van der Waals surface area (Å²) in [5.41, 5.74) is 0. The molecular weight excluding hydrogens is 244 g/mol. The highest BCUT2D eigenvalue weighted by molar-refractivity contribution is 5.70. The van der Waals surface area contributed by atoms with E-state index in [9.17, 15) is 4.79 Å². The van der Waals surface area contributed by atoms with Gasteiger partial charge >= 0.3 is 5.97 Å². The largest absolute Gasteiger partial charge is 0.481 e. The van der Waals surface area contributed by atoms with Gasteiger partial charge in [-0.3, -0.25) is 4.79 Å². The lowest BCUT2D eigenvalue weighted by Crippen LogP contribution is -2.28. The summed E-state index contributed by atoms with van der Waals surface area (Å²) < 4.78 is 1.80. The lowest BCUT2D eigenvalue weighted by atomic mass is 10.0. The molecule has 0 spiro atoms. The molecule has 0 aromatic carbocycles. The highest BCUT2D eigenvalue weighted by Crippen LogP contribution is 2.21. The monoisotopic (exact) mass is 264 g/mol. The summed E-state index contributed by atoms with van der Waals surface area (Å²) in [5, 5.41) is 13.6. The molecule has 0 radical (unpaired) electrons. The smallest absolute Gasteiger partial charge is 0.308 e. The molecule has 0 aliphatic carbocycles. The highest BCUT2D eigenvalue weighted by atomic mass is 16.4. The molecule has 3 rings (SSSR count). The second kappa shape index (κ2) is 4.92. The van der Waals surface area contributed by atoms with Crippen molar-refractivity contribution in [3.8, 4) is 0 Å². The Morgan fingerprint density at radius 2 is 2.32 bits per heavy atom. The molecule has 19 heavy (non-hydrogen) atoms. The number of fused-ring (bicyclic) bond motifs is 1. The van der Waals surface area contributed by atoms with Crippen molar-refractivity contribution in [2.45, 2.75) is 44.7 Å². The maximum atomic E-state index is 11.0. The third-order valence-electron chi connectivity index (χ3n) is 4.34. The molecule has 2 aliphatic heterocycles. The predicted molar refractivity (Wildman–Crippen MR) is 68.8 cm³/mol. The molecule has 6 heteroatoms. The average Bonchev–Trinajstić information content (AvgIpc) is 2.95. The first kappa shape index (κ1) is 12.6. The summed E-state index contributed by atoms with van der Waals surface area (Å²) in [6, 6.07) is 0.541. The van der Waals surface area contributed by atoms with Gasteiger partial charge in [0.25, 0.3) is 0 Å². The fourth-order valence-corrected chi connectivity index (χ4v) is 3.10. The Kier molecular flexibility index (Phi) is 3.26. The first-order chi connectivity index (χ1) is 9.13. The van der Waals surface area contributed by atoms with Crippen LogP contribution in [-0.4, -0.2) is 50.4 Å². The van der Waals surface area contributed by atoms with Gasteiger partial charge in [0.05, 0.1) is 12.5 Å². The van der Waals surface area contributed by atoms with Crippen LogP contribution in [-0.2, 0) is 24.2 Å². The summed E-state index contributed by atoms with van der Waals surface area (Å²) in [6.45, 7) is 1.62. The van der Waals surface area contributed by atoms with Gasteiger partial charge in [0.2, 0.25) is 0 Å². The van der Waals surface area contributed by atoms with Crippen LogP contribution in [0.25, 0.3) is 0 Å². The number of carboxylic acids is 1. The SMILES string of the molecule is CN1CCCC1Cc1nc2n(n1)CC(C(=O)O)CC2. The molecule has 2 unspecified atom stereocenters. The maximum Gasteiger partial charge on any atom is 0.308 e. The number of carboxylic acid groups (broad SMARTS) is 1. The number of aliphatic carboxylic acids is 1. The van der Waals surface area contributed by atoms with E-state index in [4.69, 9.17) is 5.11 Å². The van der Waals surface area contributed by atoms with Crippen molar-refractivity contribution in [2.24, 2.45) is 5.92 Å². The van der Waals surface area contributed by atoms with Crippen LogP contribution in [0.5, 0.6) is 0 Å². The van der Waals surface area contributed by atoms with Gasteiger partial charge in [0, 0.05) is 18.9 Å². The van der Waals surface area contributed by atoms with Crippen LogP contribution in [0.3, 0.4) is 0 Å². The Bertz CT molecular complexity index is 485. The number of nitrogens with zero attached hydrogens (tertiary/aromatic N) is 4. The number of likely N-dealkylation sites (N-methyl/N-ethyl adjacent to an activating group) is 1. The van der Waals surface area contributed by atoms with E-state index < -0.39 is 5.97 Å². The van der Waals surface area contributed by atoms with E-state index in [0.29, 0.717) is 19.0 Å². The molecule has 104 valence electrons. The molecule has 1 fully saturated rings. The van der Waals surface area contributed by atoms with E-state index in [0.717, 1.165) is 31.0 Å². The predicted octanol–water partition coefficient (Wildman–Crippen LogP) is 0.562. The first-order valence-electron chi connectivity index (χ1n) is 6.99. The molecule has 0 bridgehead atoms. The molecule has 6 nitrogen and oxygen atoms in total. The highest BCUT2D eigenvalue weighted by Gasteiger charge is 2.28. The van der Waals surface area contributed by atoms with Gasteiger partial charge in [-0.25, -0.2) is 9.67 Å². The van der Waals surface area contributed by atoms with E-state index in [1.54, 1.807) is 4.68 Å². The molecule has 1 aromatic rings. The molecular formula is C13H20N4O2. The zero-order valence-electron chi connectivity index (χ0n) is 11.2. The Morgan fingerprint density at radius 1 is 1.47 bits per heavy atom. The molecule has 2 aliphatic rings. The van der Waals surface area contributed by atoms with Gasteiger partial charge in [0.15, 0.2) is 5.82 Å². The Labute approximate surface area is 112 Å². The van der Waals surface area contributed by atoms with Gasteiger partial charge in [-0.05, 0) is 32.9 Å². The first-order valence-corrected chi connectivity index (χ1v) is 6.99. The normalized spacial score (nSPS) is 27.4. The lowest BCUT2D eigenvalue weighted by Gasteiger charge is -2.18. The van der Waals surface area contributed by atoms with Crippen LogP contribution in [0.15, 0.2) is 0 Å². The topological polar surface area (TPSA) is 71.2 Å². The molecule has 2 atom stereocenters. The van der Waals surface area contributed by atoms with Gasteiger partial charge in [-0.1, -0.05) is 0 Å². The molecule has 1 N–H and O–H groups in total. The lowest BCUT2D eigenvalue weighted by molar-refractivity contribution is -0.142. The van der Waals surface area contributed by atoms with Gasteiger partial charge in [-0.15, -0.1) is 0 Å². The minimum atomic E-state index is -0.724. The Hall–Kier alpha value is -1.43. The molecule has 1 saturated heterocycles. The molecule has 0 amide bonds. The van der Waals surface area contributed by atoms with Gasteiger partial charge < -0.3 is 10.0 Å². The molecule has 1 aromatic heterocycles. The Morgan fingerprint density at radius 3 is 3.00 bits per heavy atom. The second-order valence-corrected chi connectivity index (χ2v) is 5.68. The molecule has 0 saturated carbocycles. The fraction of sp³-hybridized carbons (Fsp3) is 0.769. The average molecular weight is 264 g/mol. The van der Waals surface area contributed by atoms with Crippen molar-refractivity contribution in [1.82, 2.24) is 19.7 Å². The van der Waals surface area contributed by atoms with Crippen LogP contribution < -0.4 is 0 Å². The van der Waals surface area contributed by atoms with Crippen LogP contribution in [0.4, 0.5) is 0 Å². The quantitative estimate of drug-likeness (QED) is 0.864. The number of likely N-dealkylation sites (tertiary alicyclic amines) is 1. The zero-order chi connectivity index (χ0) is 13.4. The standard InChI is InChI=1S/C13H20N4O2/c1-16-6-2-3-10(16)7-11-14-12-5-4-9(13(18)19)8-17(12)15-11/h9-10H,2-8H2,1H3,(H,18,19). The summed E-state index contributed by atoms with van der Waals surface area (Å²) in [6.07, 6.45) is 4.74. The number of aromatic nitrogens is 3. The van der Waals surface area contributed by atoms with Crippen molar-refractivity contribution in [3.63, 3.8) is 0 Å². The van der Waals surface area contributed by atoms with Gasteiger partial charge in [0.1, 0.15) is 5.82 Å². The maximum absolute atomic E-state index is 11.0. The van der Waals surface area contributed by atoms with Crippen LogP contribution in [0.1, 0.15) is 30.9 Å². The van der Waals surface area contributed by atoms with Crippen LogP contribution in [0, 0.1) is 5.92 Å². The number of hydrogen-bond donors (Lipinski definition) is 1. The van der Waals surface area contributed by atoms with Crippen LogP contribution in [0.2, 0.25) is 0 Å². The minimum absolute atomic E-state index is 0.309. The summed E-state index contributed by atoms with van der Waals surface area (Å²) in [4.78, 5) is 18.0. The summed E-state index contributed by atoms with van der Waals surface area (Å²) >= 11 is 0. The number of aryl methyl sites for hydroxylation is 1. The van der Waals surface area contributed by atoms with Crippen molar-refractivity contribution < 1.29 is 9.90 Å². The van der Waals surface area contributed by atoms with Crippen molar-refractivity contribution in [1.29, 1.82) is 0 Å². The van der Waals surface area contributed by atoms with Crippen molar-refractivity contribution in [2.75, 3.05) is 13.6 Å². The third-order valence-corrected chi connectivity index (χ3v) is 4.34. The van der Waals surface area contributed by atoms with E-state index in [1.807, 2.05) is 0 Å². The van der Waals surface area contributed by atoms with E-state index >= 15 is 0 Å². The second-order valence-electron chi connectivity index (χ2n) is 5.68. The zero-order valence-corrected chi connectivity index (χ0v) is 11.2. The molecule has 3 heterocycles. The minimum Gasteiger partial charge on any atom is -0.481 e. The fourth-order valence-electron chi connectivity index (χ4n) is 3.10. The number of rotatable bonds is 3. The van der Waals surface area contributed by atoms with Crippen molar-refractivity contribution >= 4 is 5.97 Å². The van der Waals surface area contributed by atoms with Gasteiger partial charge in [-0.2, -0.15) is 5.10 Å². The van der Waals surface area contributed by atoms with E-state index in [2.05, 4.69) is 22.0 Å². The summed E-state index contributed by atoms with van der Waals surface area (Å²) in [7, 11) is 2.15. The Balaban J connectivity index is 1.71. The third kappa shape index (κ3) is 2.49. The number of carbonyl (C=O) groups is 1. The van der Waals surface area contributed by atoms with Crippen LogP contribution >= 0.6 is 0 Å². The van der Waals surface area contributed by atoms with E-state index in [-0.39, 0.29) is 5.92 Å². The van der Waals surface area contributed by atoms with E-state index in [1.165, 1.54) is 12.8 Å². The van der Waals surface area contributed by atoms with Crippen molar-refractivity contribution in [3.05, 3.63) is 11.6 Å².